The third kappa shape index (κ3) is 1.89. The number of aryl methyl sites for hydroxylation is 1. The van der Waals surface area contributed by atoms with Crippen molar-refractivity contribution in [2.75, 3.05) is 6.61 Å². The van der Waals surface area contributed by atoms with Crippen molar-refractivity contribution in [1.82, 2.24) is 15.0 Å². The molecule has 0 saturated carbocycles. The van der Waals surface area contributed by atoms with Crippen LogP contribution in [-0.2, 0) is 17.4 Å². The largest absolute Gasteiger partial charge is 0.383 e. The van der Waals surface area contributed by atoms with Crippen molar-refractivity contribution in [3.05, 3.63) is 11.9 Å². The van der Waals surface area contributed by atoms with Gasteiger partial charge in [0.2, 0.25) is 0 Å². The second-order valence-electron chi connectivity index (χ2n) is 4.81. The summed E-state index contributed by atoms with van der Waals surface area (Å²) in [5.74, 6) is 0. The van der Waals surface area contributed by atoms with Crippen LogP contribution in [0.5, 0.6) is 0 Å². The Morgan fingerprint density at radius 1 is 1.53 bits per heavy atom. The lowest BCUT2D eigenvalue weighted by atomic mass is 9.82. The van der Waals surface area contributed by atoms with Crippen LogP contribution in [0, 0.1) is 0 Å². The minimum atomic E-state index is -0.861. The van der Waals surface area contributed by atoms with Crippen molar-refractivity contribution in [3.8, 4) is 0 Å². The average Bonchev–Trinajstić information content (AvgIpc) is 2.49. The smallest absolute Gasteiger partial charge is 0.113 e. The number of ether oxygens (including phenoxy) is 1. The highest BCUT2D eigenvalue weighted by atomic mass is 16.5. The monoisotopic (exact) mass is 211 g/mol. The fourth-order valence-corrected chi connectivity index (χ4v) is 2.27. The molecule has 1 fully saturated rings. The van der Waals surface area contributed by atoms with E-state index < -0.39 is 5.60 Å². The van der Waals surface area contributed by atoms with Gasteiger partial charge in [0.15, 0.2) is 0 Å². The minimum Gasteiger partial charge on any atom is -0.383 e. The van der Waals surface area contributed by atoms with Crippen LogP contribution in [0.4, 0.5) is 0 Å². The summed E-state index contributed by atoms with van der Waals surface area (Å²) in [6.45, 7) is 4.54. The van der Waals surface area contributed by atoms with Crippen LogP contribution in [-0.4, -0.2) is 32.3 Å². The Balaban J connectivity index is 2.31. The van der Waals surface area contributed by atoms with Gasteiger partial charge in [-0.05, 0) is 13.8 Å². The van der Waals surface area contributed by atoms with Gasteiger partial charge in [-0.1, -0.05) is 5.21 Å². The van der Waals surface area contributed by atoms with Crippen molar-refractivity contribution in [3.63, 3.8) is 0 Å². The van der Waals surface area contributed by atoms with E-state index in [1.165, 1.54) is 0 Å². The third-order valence-corrected chi connectivity index (χ3v) is 2.92. The zero-order chi connectivity index (χ0) is 11.1. The molecule has 1 aromatic heterocycles. The maximum absolute atomic E-state index is 10.6. The predicted molar refractivity (Wildman–Crippen MR) is 54.2 cm³/mol. The number of hydrogen-bond donors (Lipinski definition) is 1. The molecule has 0 bridgehead atoms. The van der Waals surface area contributed by atoms with Crippen LogP contribution in [0.25, 0.3) is 0 Å². The summed E-state index contributed by atoms with van der Waals surface area (Å²) in [6.07, 6.45) is 2.79. The van der Waals surface area contributed by atoms with Gasteiger partial charge in [0.05, 0.1) is 24.1 Å². The summed E-state index contributed by atoms with van der Waals surface area (Å²) in [5, 5.41) is 18.2. The Labute approximate surface area is 89.0 Å². The number of aromatic nitrogens is 3. The van der Waals surface area contributed by atoms with Crippen LogP contribution >= 0.6 is 0 Å². The number of aliphatic hydroxyl groups is 1. The summed E-state index contributed by atoms with van der Waals surface area (Å²) in [7, 11) is 1.79. The van der Waals surface area contributed by atoms with Crippen LogP contribution < -0.4 is 0 Å². The van der Waals surface area contributed by atoms with Gasteiger partial charge in [-0.25, -0.2) is 4.68 Å². The molecule has 1 unspecified atom stereocenters. The normalized spacial score (nSPS) is 30.4. The Bertz CT molecular complexity index is 361. The Kier molecular flexibility index (Phi) is 2.31. The SMILES string of the molecule is Cn1nncc1C1(O)CCOC(C)(C)C1. The maximum Gasteiger partial charge on any atom is 0.113 e. The first-order chi connectivity index (χ1) is 6.93. The molecule has 84 valence electrons. The predicted octanol–water partition coefficient (Wildman–Crippen LogP) is 0.592. The van der Waals surface area contributed by atoms with E-state index in [9.17, 15) is 5.11 Å². The molecule has 0 aliphatic carbocycles. The van der Waals surface area contributed by atoms with E-state index in [-0.39, 0.29) is 5.60 Å². The molecule has 1 aliphatic heterocycles. The summed E-state index contributed by atoms with van der Waals surface area (Å²) < 4.78 is 7.21. The average molecular weight is 211 g/mol. The molecule has 1 atom stereocenters. The van der Waals surface area contributed by atoms with Crippen molar-refractivity contribution in [2.45, 2.75) is 37.9 Å². The van der Waals surface area contributed by atoms with E-state index in [0.717, 1.165) is 5.69 Å². The van der Waals surface area contributed by atoms with E-state index in [2.05, 4.69) is 10.3 Å². The highest BCUT2D eigenvalue weighted by molar-refractivity contribution is 5.10. The molecule has 2 heterocycles. The first-order valence-corrected chi connectivity index (χ1v) is 5.14. The van der Waals surface area contributed by atoms with Gasteiger partial charge in [-0.15, -0.1) is 5.10 Å². The van der Waals surface area contributed by atoms with Gasteiger partial charge in [0.1, 0.15) is 5.60 Å². The highest BCUT2D eigenvalue weighted by Gasteiger charge is 2.42. The number of rotatable bonds is 1. The standard InChI is InChI=1S/C10H17N3O2/c1-9(2)7-10(14,4-5-15-9)8-6-11-12-13(8)3/h6,14H,4-5,7H2,1-3H3. The van der Waals surface area contributed by atoms with Gasteiger partial charge in [0.25, 0.3) is 0 Å². The van der Waals surface area contributed by atoms with E-state index >= 15 is 0 Å². The van der Waals surface area contributed by atoms with E-state index in [1.807, 2.05) is 13.8 Å². The maximum atomic E-state index is 10.6. The summed E-state index contributed by atoms with van der Waals surface area (Å²) in [6, 6.07) is 0. The van der Waals surface area contributed by atoms with Crippen molar-refractivity contribution in [1.29, 1.82) is 0 Å². The topological polar surface area (TPSA) is 60.2 Å². The minimum absolute atomic E-state index is 0.294. The van der Waals surface area contributed by atoms with E-state index in [4.69, 9.17) is 4.74 Å². The van der Waals surface area contributed by atoms with Crippen LogP contribution in [0.15, 0.2) is 6.20 Å². The van der Waals surface area contributed by atoms with Gasteiger partial charge >= 0.3 is 0 Å². The van der Waals surface area contributed by atoms with Crippen molar-refractivity contribution < 1.29 is 9.84 Å². The van der Waals surface area contributed by atoms with Crippen molar-refractivity contribution in [2.24, 2.45) is 7.05 Å². The van der Waals surface area contributed by atoms with Gasteiger partial charge in [-0.3, -0.25) is 0 Å². The molecular formula is C10H17N3O2. The molecule has 5 heteroatoms. The Hall–Kier alpha value is -0.940. The summed E-state index contributed by atoms with van der Waals surface area (Å²) in [5.41, 5.74) is -0.393. The second kappa shape index (κ2) is 3.28. The molecule has 0 spiro atoms. The molecule has 1 aromatic rings. The molecule has 1 aliphatic rings. The molecule has 5 nitrogen and oxygen atoms in total. The molecule has 0 amide bonds. The first kappa shape index (κ1) is 10.6. The highest BCUT2D eigenvalue weighted by Crippen LogP contribution is 2.38. The zero-order valence-corrected chi connectivity index (χ0v) is 9.40. The molecule has 15 heavy (non-hydrogen) atoms. The van der Waals surface area contributed by atoms with E-state index in [1.54, 1.807) is 17.9 Å². The lowest BCUT2D eigenvalue weighted by Gasteiger charge is -2.41. The van der Waals surface area contributed by atoms with Gasteiger partial charge in [0, 0.05) is 19.9 Å². The summed E-state index contributed by atoms with van der Waals surface area (Å²) in [4.78, 5) is 0. The molecular weight excluding hydrogens is 194 g/mol. The molecule has 2 rings (SSSR count). The number of nitrogens with zero attached hydrogens (tertiary/aromatic N) is 3. The fraction of sp³-hybridized carbons (Fsp3) is 0.800. The fourth-order valence-electron chi connectivity index (χ4n) is 2.27. The lowest BCUT2D eigenvalue weighted by molar-refractivity contribution is -0.150. The molecule has 0 radical (unpaired) electrons. The van der Waals surface area contributed by atoms with Crippen LogP contribution in [0.2, 0.25) is 0 Å². The molecule has 1 saturated heterocycles. The first-order valence-electron chi connectivity index (χ1n) is 5.14. The van der Waals surface area contributed by atoms with Crippen LogP contribution in [0.3, 0.4) is 0 Å². The second-order valence-corrected chi connectivity index (χ2v) is 4.81. The zero-order valence-electron chi connectivity index (χ0n) is 9.40. The number of hydrogen-bond acceptors (Lipinski definition) is 4. The Morgan fingerprint density at radius 2 is 2.27 bits per heavy atom. The Morgan fingerprint density at radius 3 is 2.80 bits per heavy atom. The third-order valence-electron chi connectivity index (χ3n) is 2.92. The van der Waals surface area contributed by atoms with Gasteiger partial charge < -0.3 is 9.84 Å². The molecule has 1 N–H and O–H groups in total. The van der Waals surface area contributed by atoms with E-state index in [0.29, 0.717) is 19.4 Å². The van der Waals surface area contributed by atoms with Crippen LogP contribution in [0.1, 0.15) is 32.4 Å². The molecule has 0 aromatic carbocycles. The summed E-state index contributed by atoms with van der Waals surface area (Å²) >= 11 is 0. The quantitative estimate of drug-likeness (QED) is 0.738. The van der Waals surface area contributed by atoms with Gasteiger partial charge in [-0.2, -0.15) is 0 Å². The lowest BCUT2D eigenvalue weighted by Crippen LogP contribution is -2.44. The van der Waals surface area contributed by atoms with Crippen molar-refractivity contribution >= 4 is 0 Å².